The van der Waals surface area contributed by atoms with E-state index in [1.54, 1.807) is 25.4 Å². The van der Waals surface area contributed by atoms with Gasteiger partial charge < -0.3 is 19.4 Å². The van der Waals surface area contributed by atoms with E-state index in [2.05, 4.69) is 22.9 Å². The molecular formula is C26H31N5O3. The molecule has 1 aromatic carbocycles. The van der Waals surface area contributed by atoms with Gasteiger partial charge in [0.2, 0.25) is 11.8 Å². The summed E-state index contributed by atoms with van der Waals surface area (Å²) in [5.41, 5.74) is 1.54. The van der Waals surface area contributed by atoms with Crippen molar-refractivity contribution in [2.45, 2.75) is 32.2 Å². The molecule has 0 radical (unpaired) electrons. The highest BCUT2D eigenvalue weighted by Crippen LogP contribution is 2.40. The molecule has 0 saturated carbocycles. The number of methoxy groups -OCH3 is 1. The molecule has 2 amide bonds. The van der Waals surface area contributed by atoms with Crippen LogP contribution in [-0.2, 0) is 9.59 Å². The molecule has 1 aromatic heterocycles. The Hall–Kier alpha value is -3.60. The van der Waals surface area contributed by atoms with Crippen LogP contribution in [0.4, 0.5) is 5.82 Å². The van der Waals surface area contributed by atoms with E-state index >= 15 is 0 Å². The highest BCUT2D eigenvalue weighted by atomic mass is 16.5. The van der Waals surface area contributed by atoms with Gasteiger partial charge in [-0.25, -0.2) is 4.98 Å². The fourth-order valence-electron chi connectivity index (χ4n) is 4.87. The Kier molecular flexibility index (Phi) is 7.31. The standard InChI is InChI=1S/C26H31N5O3/c1-3-4-11-31-24(32)17-22(25(31)20-5-7-21(34-2)8-6-20)26(33)30-14-12-29(13-15-30)23-16-19(18-27)9-10-28-23/h5-10,16,22,25H,3-4,11-15,17H2,1-2H3/t22-,25+/m0/s1. The number of likely N-dealkylation sites (tertiary alicyclic amines) is 1. The number of hydrogen-bond acceptors (Lipinski definition) is 6. The second-order valence-corrected chi connectivity index (χ2v) is 8.80. The van der Waals surface area contributed by atoms with Gasteiger partial charge in [-0.15, -0.1) is 0 Å². The molecule has 3 heterocycles. The minimum Gasteiger partial charge on any atom is -0.497 e. The van der Waals surface area contributed by atoms with Gasteiger partial charge in [-0.3, -0.25) is 9.59 Å². The van der Waals surface area contributed by atoms with Crippen molar-refractivity contribution in [2.24, 2.45) is 5.92 Å². The number of unbranched alkanes of at least 4 members (excludes halogenated alkanes) is 1. The number of rotatable bonds is 7. The Labute approximate surface area is 200 Å². The minimum atomic E-state index is -0.399. The molecule has 0 bridgehead atoms. The molecule has 8 nitrogen and oxygen atoms in total. The van der Waals surface area contributed by atoms with E-state index in [0.29, 0.717) is 38.3 Å². The van der Waals surface area contributed by atoms with E-state index < -0.39 is 5.92 Å². The molecule has 0 spiro atoms. The fourth-order valence-corrected chi connectivity index (χ4v) is 4.87. The molecule has 2 aliphatic heterocycles. The maximum Gasteiger partial charge on any atom is 0.228 e. The van der Waals surface area contributed by atoms with Gasteiger partial charge in [-0.2, -0.15) is 5.26 Å². The number of amides is 2. The van der Waals surface area contributed by atoms with E-state index in [4.69, 9.17) is 10.00 Å². The van der Waals surface area contributed by atoms with Crippen LogP contribution in [-0.4, -0.2) is 66.4 Å². The predicted octanol–water partition coefficient (Wildman–Crippen LogP) is 3.00. The van der Waals surface area contributed by atoms with Crippen LogP contribution in [0.2, 0.25) is 0 Å². The zero-order valence-corrected chi connectivity index (χ0v) is 19.8. The minimum absolute atomic E-state index is 0.0338. The van der Waals surface area contributed by atoms with Crippen LogP contribution in [0.3, 0.4) is 0 Å². The van der Waals surface area contributed by atoms with Gasteiger partial charge in [0, 0.05) is 45.3 Å². The topological polar surface area (TPSA) is 89.8 Å². The Morgan fingerprint density at radius 1 is 1.18 bits per heavy atom. The van der Waals surface area contributed by atoms with Crippen LogP contribution in [0.25, 0.3) is 0 Å². The lowest BCUT2D eigenvalue weighted by atomic mass is 9.92. The second-order valence-electron chi connectivity index (χ2n) is 8.80. The number of aromatic nitrogens is 1. The predicted molar refractivity (Wildman–Crippen MR) is 128 cm³/mol. The maximum absolute atomic E-state index is 13.7. The number of pyridine rings is 1. The molecular weight excluding hydrogens is 430 g/mol. The Balaban J connectivity index is 1.50. The molecule has 8 heteroatoms. The summed E-state index contributed by atoms with van der Waals surface area (Å²) in [6.45, 7) is 5.16. The van der Waals surface area contributed by atoms with Crippen LogP contribution in [0.1, 0.15) is 43.4 Å². The van der Waals surface area contributed by atoms with Crippen molar-refractivity contribution in [3.05, 3.63) is 53.7 Å². The Morgan fingerprint density at radius 2 is 1.91 bits per heavy atom. The van der Waals surface area contributed by atoms with Gasteiger partial charge in [0.15, 0.2) is 0 Å². The number of piperazine rings is 1. The van der Waals surface area contributed by atoms with E-state index in [0.717, 1.165) is 30.0 Å². The Bertz CT molecular complexity index is 1060. The number of benzene rings is 1. The van der Waals surface area contributed by atoms with Crippen LogP contribution >= 0.6 is 0 Å². The summed E-state index contributed by atoms with van der Waals surface area (Å²) in [5, 5.41) is 9.15. The summed E-state index contributed by atoms with van der Waals surface area (Å²) in [6.07, 6.45) is 3.78. The van der Waals surface area contributed by atoms with Crippen LogP contribution in [0.15, 0.2) is 42.6 Å². The quantitative estimate of drug-likeness (QED) is 0.630. The van der Waals surface area contributed by atoms with Crippen LogP contribution in [0, 0.1) is 17.2 Å². The van der Waals surface area contributed by atoms with E-state index in [-0.39, 0.29) is 24.3 Å². The number of carbonyl (C=O) groups is 2. The third-order valence-electron chi connectivity index (χ3n) is 6.75. The molecule has 0 aliphatic carbocycles. The lowest BCUT2D eigenvalue weighted by Crippen LogP contribution is -2.51. The first-order valence-corrected chi connectivity index (χ1v) is 11.9. The summed E-state index contributed by atoms with van der Waals surface area (Å²) >= 11 is 0. The molecule has 0 N–H and O–H groups in total. The SMILES string of the molecule is CCCCN1C(=O)C[C@H](C(=O)N2CCN(c3cc(C#N)ccn3)CC2)[C@H]1c1ccc(OC)cc1. The number of anilines is 1. The lowest BCUT2D eigenvalue weighted by molar-refractivity contribution is -0.136. The number of nitriles is 1. The zero-order chi connectivity index (χ0) is 24.1. The van der Waals surface area contributed by atoms with Gasteiger partial charge in [0.25, 0.3) is 0 Å². The molecule has 2 saturated heterocycles. The number of ether oxygens (including phenoxy) is 1. The molecule has 178 valence electrons. The normalized spacial score (nSPS) is 20.4. The van der Waals surface area contributed by atoms with Crippen molar-refractivity contribution in [1.82, 2.24) is 14.8 Å². The summed E-state index contributed by atoms with van der Waals surface area (Å²) in [6, 6.07) is 13.1. The second kappa shape index (κ2) is 10.6. The first kappa shape index (κ1) is 23.6. The van der Waals surface area contributed by atoms with Gasteiger partial charge in [0.1, 0.15) is 11.6 Å². The maximum atomic E-state index is 13.7. The average Bonchev–Trinajstić information content (AvgIpc) is 3.22. The van der Waals surface area contributed by atoms with E-state index in [1.165, 1.54) is 0 Å². The first-order valence-electron chi connectivity index (χ1n) is 11.9. The smallest absolute Gasteiger partial charge is 0.228 e. The number of carbonyl (C=O) groups excluding carboxylic acids is 2. The number of hydrogen-bond donors (Lipinski definition) is 0. The summed E-state index contributed by atoms with van der Waals surface area (Å²) < 4.78 is 5.29. The lowest BCUT2D eigenvalue weighted by Gasteiger charge is -2.38. The van der Waals surface area contributed by atoms with Crippen molar-refractivity contribution in [1.29, 1.82) is 5.26 Å². The van der Waals surface area contributed by atoms with Crippen molar-refractivity contribution in [3.8, 4) is 11.8 Å². The zero-order valence-electron chi connectivity index (χ0n) is 19.8. The van der Waals surface area contributed by atoms with Crippen molar-refractivity contribution in [2.75, 3.05) is 44.7 Å². The first-order chi connectivity index (χ1) is 16.5. The van der Waals surface area contributed by atoms with Gasteiger partial charge >= 0.3 is 0 Å². The molecule has 2 fully saturated rings. The molecule has 2 atom stereocenters. The number of nitrogens with zero attached hydrogens (tertiary/aromatic N) is 5. The van der Waals surface area contributed by atoms with Crippen molar-refractivity contribution >= 4 is 17.6 Å². The third kappa shape index (κ3) is 4.84. The molecule has 4 rings (SSSR count). The van der Waals surface area contributed by atoms with Crippen molar-refractivity contribution < 1.29 is 14.3 Å². The highest BCUT2D eigenvalue weighted by Gasteiger charge is 2.45. The largest absolute Gasteiger partial charge is 0.497 e. The van der Waals surface area contributed by atoms with Gasteiger partial charge in [-0.1, -0.05) is 25.5 Å². The summed E-state index contributed by atoms with van der Waals surface area (Å²) in [4.78, 5) is 36.9. The van der Waals surface area contributed by atoms with Crippen LogP contribution < -0.4 is 9.64 Å². The monoisotopic (exact) mass is 461 g/mol. The van der Waals surface area contributed by atoms with E-state index in [1.807, 2.05) is 34.1 Å². The fraction of sp³-hybridized carbons (Fsp3) is 0.462. The third-order valence-corrected chi connectivity index (χ3v) is 6.75. The molecule has 0 unspecified atom stereocenters. The van der Waals surface area contributed by atoms with Crippen molar-refractivity contribution in [3.63, 3.8) is 0 Å². The highest BCUT2D eigenvalue weighted by molar-refractivity contribution is 5.90. The molecule has 2 aromatic rings. The molecule has 2 aliphatic rings. The molecule has 34 heavy (non-hydrogen) atoms. The summed E-state index contributed by atoms with van der Waals surface area (Å²) in [7, 11) is 1.62. The van der Waals surface area contributed by atoms with Gasteiger partial charge in [-0.05, 0) is 36.2 Å². The van der Waals surface area contributed by atoms with Gasteiger partial charge in [0.05, 0.1) is 30.7 Å². The van der Waals surface area contributed by atoms with E-state index in [9.17, 15) is 9.59 Å². The summed E-state index contributed by atoms with van der Waals surface area (Å²) in [5.74, 6) is 1.19. The Morgan fingerprint density at radius 3 is 2.56 bits per heavy atom. The van der Waals surface area contributed by atoms with Crippen LogP contribution in [0.5, 0.6) is 5.75 Å². The average molecular weight is 462 g/mol.